The molecule has 2 heterocycles. The molecule has 0 aliphatic heterocycles. The van der Waals surface area contributed by atoms with E-state index < -0.39 is 0 Å². The minimum atomic E-state index is 0.588. The summed E-state index contributed by atoms with van der Waals surface area (Å²) in [6, 6.07) is 3.62. The fourth-order valence-electron chi connectivity index (χ4n) is 1.19. The number of anilines is 1. The van der Waals surface area contributed by atoms with E-state index in [2.05, 4.69) is 20.3 Å². The zero-order valence-electron chi connectivity index (χ0n) is 9.44. The normalized spacial score (nSPS) is 10.3. The quantitative estimate of drug-likeness (QED) is 0.866. The van der Waals surface area contributed by atoms with Crippen molar-refractivity contribution in [1.82, 2.24) is 15.0 Å². The first-order valence-electron chi connectivity index (χ1n) is 5.00. The predicted octanol–water partition coefficient (Wildman–Crippen LogP) is 3.03. The fraction of sp³-hybridized carbons (Fsp3) is 0.182. The van der Waals surface area contributed by atoms with Gasteiger partial charge in [0.1, 0.15) is 10.1 Å². The van der Waals surface area contributed by atoms with Crippen molar-refractivity contribution in [3.63, 3.8) is 0 Å². The summed E-state index contributed by atoms with van der Waals surface area (Å²) in [7, 11) is 1.78. The molecule has 2 rings (SSSR count). The lowest BCUT2D eigenvalue weighted by Gasteiger charge is -2.06. The maximum atomic E-state index is 6.06. The Morgan fingerprint density at radius 3 is 2.82 bits per heavy atom. The average Bonchev–Trinajstić information content (AvgIpc) is 2.35. The Balaban J connectivity index is 2.32. The second-order valence-electron chi connectivity index (χ2n) is 3.32. The van der Waals surface area contributed by atoms with Gasteiger partial charge in [0.2, 0.25) is 5.95 Å². The highest BCUT2D eigenvalue weighted by Crippen LogP contribution is 2.31. The predicted molar refractivity (Wildman–Crippen MR) is 69.7 cm³/mol. The van der Waals surface area contributed by atoms with Crippen molar-refractivity contribution < 1.29 is 0 Å². The third kappa shape index (κ3) is 2.87. The van der Waals surface area contributed by atoms with Gasteiger partial charge in [-0.2, -0.15) is 0 Å². The van der Waals surface area contributed by atoms with E-state index in [1.165, 1.54) is 11.8 Å². The summed E-state index contributed by atoms with van der Waals surface area (Å²) in [5, 5.41) is 5.13. The van der Waals surface area contributed by atoms with E-state index in [1.54, 1.807) is 25.5 Å². The Kier molecular flexibility index (Phi) is 3.81. The summed E-state index contributed by atoms with van der Waals surface area (Å²) in [4.78, 5) is 12.7. The molecule has 0 saturated carbocycles. The molecule has 0 amide bonds. The summed E-state index contributed by atoms with van der Waals surface area (Å²) in [6.07, 6.45) is 3.49. The van der Waals surface area contributed by atoms with E-state index in [-0.39, 0.29) is 0 Å². The standard InChI is InChI=1S/C11H11ClN4S/c1-7-6-15-11(13-2)16-9(7)17-10-8(12)4-3-5-14-10/h3-6H,1-2H3,(H,13,15,16). The Labute approximate surface area is 109 Å². The summed E-state index contributed by atoms with van der Waals surface area (Å²) >= 11 is 7.49. The van der Waals surface area contributed by atoms with Crippen LogP contribution in [0.4, 0.5) is 5.95 Å². The number of hydrogen-bond acceptors (Lipinski definition) is 5. The average molecular weight is 267 g/mol. The van der Waals surface area contributed by atoms with Crippen LogP contribution in [-0.4, -0.2) is 22.0 Å². The van der Waals surface area contributed by atoms with Gasteiger partial charge in [0, 0.05) is 25.0 Å². The molecule has 0 spiro atoms. The molecule has 2 aromatic rings. The Hall–Kier alpha value is -1.33. The molecule has 17 heavy (non-hydrogen) atoms. The van der Waals surface area contributed by atoms with Crippen LogP contribution in [0.1, 0.15) is 5.56 Å². The molecule has 6 heteroatoms. The molecular formula is C11H11ClN4S. The van der Waals surface area contributed by atoms with Gasteiger partial charge in [-0.3, -0.25) is 0 Å². The number of nitrogens with one attached hydrogen (secondary N) is 1. The lowest BCUT2D eigenvalue weighted by molar-refractivity contribution is 0.998. The number of aryl methyl sites for hydroxylation is 1. The zero-order valence-corrected chi connectivity index (χ0v) is 11.0. The molecule has 2 aromatic heterocycles. The molecule has 1 N–H and O–H groups in total. The highest BCUT2D eigenvalue weighted by molar-refractivity contribution is 7.99. The number of pyridine rings is 1. The van der Waals surface area contributed by atoms with Crippen LogP contribution in [0.5, 0.6) is 0 Å². The molecule has 0 aliphatic rings. The van der Waals surface area contributed by atoms with E-state index in [4.69, 9.17) is 11.6 Å². The van der Waals surface area contributed by atoms with Crippen LogP contribution in [0.15, 0.2) is 34.6 Å². The van der Waals surface area contributed by atoms with E-state index in [0.717, 1.165) is 15.6 Å². The highest BCUT2D eigenvalue weighted by atomic mass is 35.5. The van der Waals surface area contributed by atoms with Gasteiger partial charge in [-0.15, -0.1) is 0 Å². The van der Waals surface area contributed by atoms with Crippen LogP contribution in [-0.2, 0) is 0 Å². The van der Waals surface area contributed by atoms with Gasteiger partial charge in [0.25, 0.3) is 0 Å². The van der Waals surface area contributed by atoms with Crippen LogP contribution < -0.4 is 5.32 Å². The third-order valence-corrected chi connectivity index (χ3v) is 3.61. The Morgan fingerprint density at radius 2 is 2.12 bits per heavy atom. The van der Waals surface area contributed by atoms with E-state index in [9.17, 15) is 0 Å². The van der Waals surface area contributed by atoms with Gasteiger partial charge in [0.15, 0.2) is 0 Å². The lowest BCUT2D eigenvalue weighted by Crippen LogP contribution is -1.98. The molecule has 0 fully saturated rings. The lowest BCUT2D eigenvalue weighted by atomic mass is 10.4. The van der Waals surface area contributed by atoms with Gasteiger partial charge in [-0.1, -0.05) is 11.6 Å². The highest BCUT2D eigenvalue weighted by Gasteiger charge is 2.08. The molecule has 0 bridgehead atoms. The molecule has 88 valence electrons. The maximum Gasteiger partial charge on any atom is 0.223 e. The first kappa shape index (κ1) is 12.1. The molecule has 0 unspecified atom stereocenters. The third-order valence-electron chi connectivity index (χ3n) is 2.07. The van der Waals surface area contributed by atoms with E-state index >= 15 is 0 Å². The summed E-state index contributed by atoms with van der Waals surface area (Å²) < 4.78 is 0. The fourth-order valence-corrected chi connectivity index (χ4v) is 2.23. The maximum absolute atomic E-state index is 6.06. The number of hydrogen-bond donors (Lipinski definition) is 1. The summed E-state index contributed by atoms with van der Waals surface area (Å²) in [5.41, 5.74) is 0.996. The first-order valence-corrected chi connectivity index (χ1v) is 6.20. The summed E-state index contributed by atoms with van der Waals surface area (Å²) in [5.74, 6) is 0.588. The van der Waals surface area contributed by atoms with Gasteiger partial charge < -0.3 is 5.32 Å². The molecular weight excluding hydrogens is 256 g/mol. The monoisotopic (exact) mass is 266 g/mol. The largest absolute Gasteiger partial charge is 0.357 e. The van der Waals surface area contributed by atoms with Crippen molar-refractivity contribution in [2.24, 2.45) is 0 Å². The van der Waals surface area contributed by atoms with Crippen molar-refractivity contribution in [2.45, 2.75) is 17.0 Å². The summed E-state index contributed by atoms with van der Waals surface area (Å²) in [6.45, 7) is 1.96. The molecule has 0 aromatic carbocycles. The van der Waals surface area contributed by atoms with Gasteiger partial charge >= 0.3 is 0 Å². The van der Waals surface area contributed by atoms with Crippen LogP contribution in [0.3, 0.4) is 0 Å². The number of aromatic nitrogens is 3. The SMILES string of the molecule is CNc1ncc(C)c(Sc2ncccc2Cl)n1. The minimum absolute atomic E-state index is 0.588. The molecule has 0 saturated heterocycles. The molecule has 4 nitrogen and oxygen atoms in total. The van der Waals surface area contributed by atoms with Crippen molar-refractivity contribution in [1.29, 1.82) is 0 Å². The number of halogens is 1. The first-order chi connectivity index (χ1) is 8.20. The van der Waals surface area contributed by atoms with Crippen molar-refractivity contribution in [2.75, 3.05) is 12.4 Å². The van der Waals surface area contributed by atoms with Crippen LogP contribution in [0.2, 0.25) is 5.02 Å². The molecule has 0 aliphatic carbocycles. The van der Waals surface area contributed by atoms with Crippen molar-refractivity contribution in [3.8, 4) is 0 Å². The van der Waals surface area contributed by atoms with Crippen LogP contribution >= 0.6 is 23.4 Å². The Bertz CT molecular complexity index is 533. The van der Waals surface area contributed by atoms with Gasteiger partial charge in [-0.25, -0.2) is 15.0 Å². The Morgan fingerprint density at radius 1 is 1.29 bits per heavy atom. The number of rotatable bonds is 3. The molecule has 0 atom stereocenters. The van der Waals surface area contributed by atoms with Crippen LogP contribution in [0, 0.1) is 6.92 Å². The van der Waals surface area contributed by atoms with E-state index in [1.807, 2.05) is 13.0 Å². The molecule has 0 radical (unpaired) electrons. The van der Waals surface area contributed by atoms with Gasteiger partial charge in [-0.05, 0) is 30.8 Å². The number of nitrogens with zero attached hydrogens (tertiary/aromatic N) is 3. The smallest absolute Gasteiger partial charge is 0.223 e. The second-order valence-corrected chi connectivity index (χ2v) is 4.71. The zero-order chi connectivity index (χ0) is 12.3. The van der Waals surface area contributed by atoms with Crippen LogP contribution in [0.25, 0.3) is 0 Å². The topological polar surface area (TPSA) is 50.7 Å². The second kappa shape index (κ2) is 5.33. The van der Waals surface area contributed by atoms with Crippen molar-refractivity contribution >= 4 is 29.3 Å². The van der Waals surface area contributed by atoms with E-state index in [0.29, 0.717) is 11.0 Å². The van der Waals surface area contributed by atoms with Gasteiger partial charge in [0.05, 0.1) is 5.02 Å². The van der Waals surface area contributed by atoms with Crippen molar-refractivity contribution in [3.05, 3.63) is 35.1 Å². The minimum Gasteiger partial charge on any atom is -0.357 e.